The van der Waals surface area contributed by atoms with E-state index in [1.54, 1.807) is 25.4 Å². The van der Waals surface area contributed by atoms with E-state index in [4.69, 9.17) is 27.9 Å². The lowest BCUT2D eigenvalue weighted by molar-refractivity contribution is 0.318. The largest absolute Gasteiger partial charge is 0.490 e. The SMILES string of the molecule is CCCOc1c(Cl)cc(/C=N/NC)cc1Cl. The van der Waals surface area contributed by atoms with Gasteiger partial charge in [-0.25, -0.2) is 0 Å². The van der Waals surface area contributed by atoms with Crippen molar-refractivity contribution in [2.24, 2.45) is 5.10 Å². The number of nitrogens with zero attached hydrogens (tertiary/aromatic N) is 1. The van der Waals surface area contributed by atoms with Crippen molar-refractivity contribution in [3.05, 3.63) is 27.7 Å². The maximum atomic E-state index is 6.06. The number of hydrazone groups is 1. The van der Waals surface area contributed by atoms with Crippen LogP contribution in [0.4, 0.5) is 0 Å². The van der Waals surface area contributed by atoms with Crippen molar-refractivity contribution in [2.45, 2.75) is 13.3 Å². The van der Waals surface area contributed by atoms with Crippen molar-refractivity contribution in [2.75, 3.05) is 13.7 Å². The molecule has 0 amide bonds. The molecule has 0 saturated heterocycles. The van der Waals surface area contributed by atoms with Gasteiger partial charge >= 0.3 is 0 Å². The molecule has 16 heavy (non-hydrogen) atoms. The van der Waals surface area contributed by atoms with E-state index >= 15 is 0 Å². The highest BCUT2D eigenvalue weighted by Gasteiger charge is 2.08. The first-order chi connectivity index (χ1) is 7.69. The predicted molar refractivity (Wildman–Crippen MR) is 68.9 cm³/mol. The number of halogens is 2. The molecule has 3 nitrogen and oxygen atoms in total. The van der Waals surface area contributed by atoms with Gasteiger partial charge in [0.25, 0.3) is 0 Å². The Morgan fingerprint density at radius 1 is 1.38 bits per heavy atom. The van der Waals surface area contributed by atoms with Crippen LogP contribution in [0.1, 0.15) is 18.9 Å². The van der Waals surface area contributed by atoms with Crippen LogP contribution in [0.25, 0.3) is 0 Å². The molecule has 0 aliphatic rings. The molecule has 1 aromatic carbocycles. The third kappa shape index (κ3) is 3.58. The van der Waals surface area contributed by atoms with Gasteiger partial charge in [-0.05, 0) is 24.1 Å². The number of hydrogen-bond acceptors (Lipinski definition) is 3. The number of nitrogens with one attached hydrogen (secondary N) is 1. The summed E-state index contributed by atoms with van der Waals surface area (Å²) in [5.41, 5.74) is 3.48. The lowest BCUT2D eigenvalue weighted by atomic mass is 10.2. The smallest absolute Gasteiger partial charge is 0.156 e. The fourth-order valence-corrected chi connectivity index (χ4v) is 1.75. The summed E-state index contributed by atoms with van der Waals surface area (Å²) in [5, 5.41) is 4.88. The molecule has 0 saturated carbocycles. The van der Waals surface area contributed by atoms with Crippen LogP contribution in [0.5, 0.6) is 5.75 Å². The summed E-state index contributed by atoms with van der Waals surface area (Å²) in [6, 6.07) is 3.53. The maximum Gasteiger partial charge on any atom is 0.156 e. The Balaban J connectivity index is 2.93. The molecule has 0 aliphatic carbocycles. The molecule has 5 heteroatoms. The van der Waals surface area contributed by atoms with E-state index in [1.165, 1.54) is 0 Å². The zero-order valence-electron chi connectivity index (χ0n) is 9.26. The molecule has 0 atom stereocenters. The molecule has 0 heterocycles. The average Bonchev–Trinajstić information content (AvgIpc) is 2.25. The monoisotopic (exact) mass is 260 g/mol. The minimum atomic E-state index is 0.499. The predicted octanol–water partition coefficient (Wildman–Crippen LogP) is 3.34. The molecule has 0 fully saturated rings. The fraction of sp³-hybridized carbons (Fsp3) is 0.364. The lowest BCUT2D eigenvalue weighted by Crippen LogP contribution is -1.98. The molecule has 1 rings (SSSR count). The van der Waals surface area contributed by atoms with Crippen molar-refractivity contribution in [3.8, 4) is 5.75 Å². The van der Waals surface area contributed by atoms with Crippen LogP contribution < -0.4 is 10.2 Å². The topological polar surface area (TPSA) is 33.6 Å². The van der Waals surface area contributed by atoms with Crippen molar-refractivity contribution in [3.63, 3.8) is 0 Å². The van der Waals surface area contributed by atoms with Crippen LogP contribution in [-0.2, 0) is 0 Å². The van der Waals surface area contributed by atoms with Crippen LogP contribution in [0.3, 0.4) is 0 Å². The van der Waals surface area contributed by atoms with Gasteiger partial charge in [0.1, 0.15) is 0 Å². The quantitative estimate of drug-likeness (QED) is 0.651. The van der Waals surface area contributed by atoms with Gasteiger partial charge in [0.05, 0.1) is 22.9 Å². The van der Waals surface area contributed by atoms with Gasteiger partial charge in [-0.3, -0.25) is 0 Å². The van der Waals surface area contributed by atoms with E-state index in [0.29, 0.717) is 22.4 Å². The molecular weight excluding hydrogens is 247 g/mol. The van der Waals surface area contributed by atoms with Crippen molar-refractivity contribution in [1.29, 1.82) is 0 Å². The van der Waals surface area contributed by atoms with E-state index in [0.717, 1.165) is 12.0 Å². The first kappa shape index (κ1) is 13.1. The second kappa shape index (κ2) is 6.61. The van der Waals surface area contributed by atoms with Crippen molar-refractivity contribution < 1.29 is 4.74 Å². The lowest BCUT2D eigenvalue weighted by Gasteiger charge is -2.09. The van der Waals surface area contributed by atoms with Crippen LogP contribution >= 0.6 is 23.2 Å². The minimum absolute atomic E-state index is 0.499. The second-order valence-electron chi connectivity index (χ2n) is 3.14. The van der Waals surface area contributed by atoms with Gasteiger partial charge in [0.2, 0.25) is 0 Å². The Morgan fingerprint density at radius 2 is 2.00 bits per heavy atom. The Bertz CT molecular complexity index is 357. The molecule has 1 aromatic rings. The first-order valence-electron chi connectivity index (χ1n) is 5.00. The number of ether oxygens (including phenoxy) is 1. The van der Waals surface area contributed by atoms with Gasteiger partial charge < -0.3 is 10.2 Å². The zero-order chi connectivity index (χ0) is 12.0. The van der Waals surface area contributed by atoms with Crippen molar-refractivity contribution >= 4 is 29.4 Å². The van der Waals surface area contributed by atoms with Crippen LogP contribution in [-0.4, -0.2) is 19.9 Å². The Morgan fingerprint density at radius 3 is 2.50 bits per heavy atom. The normalized spacial score (nSPS) is 10.8. The van der Waals surface area contributed by atoms with Crippen molar-refractivity contribution in [1.82, 2.24) is 5.43 Å². The molecule has 0 aromatic heterocycles. The van der Waals surface area contributed by atoms with Crippen LogP contribution in [0, 0.1) is 0 Å². The highest BCUT2D eigenvalue weighted by atomic mass is 35.5. The van der Waals surface area contributed by atoms with Crippen LogP contribution in [0.15, 0.2) is 17.2 Å². The molecular formula is C11H14Cl2N2O. The summed E-state index contributed by atoms with van der Waals surface area (Å²) in [6.07, 6.45) is 2.55. The molecule has 0 unspecified atom stereocenters. The van der Waals surface area contributed by atoms with Gasteiger partial charge in [-0.1, -0.05) is 30.1 Å². The summed E-state index contributed by atoms with van der Waals surface area (Å²) >= 11 is 12.1. The summed E-state index contributed by atoms with van der Waals surface area (Å²) < 4.78 is 5.45. The van der Waals surface area contributed by atoms with Gasteiger partial charge in [0.15, 0.2) is 5.75 Å². The summed E-state index contributed by atoms with van der Waals surface area (Å²) in [4.78, 5) is 0. The van der Waals surface area contributed by atoms with Gasteiger partial charge in [0, 0.05) is 7.05 Å². The van der Waals surface area contributed by atoms with E-state index < -0.39 is 0 Å². The Hall–Kier alpha value is -0.930. The molecule has 0 spiro atoms. The van der Waals surface area contributed by atoms with Crippen LogP contribution in [0.2, 0.25) is 10.0 Å². The van der Waals surface area contributed by atoms with Gasteiger partial charge in [-0.2, -0.15) is 5.10 Å². The molecule has 88 valence electrons. The van der Waals surface area contributed by atoms with E-state index in [2.05, 4.69) is 10.5 Å². The molecule has 1 N–H and O–H groups in total. The number of benzene rings is 1. The first-order valence-corrected chi connectivity index (χ1v) is 5.76. The third-order valence-corrected chi connectivity index (χ3v) is 2.38. The third-order valence-electron chi connectivity index (χ3n) is 1.81. The Labute approximate surface area is 105 Å². The summed E-state index contributed by atoms with van der Waals surface area (Å²) in [7, 11) is 1.72. The highest BCUT2D eigenvalue weighted by Crippen LogP contribution is 2.33. The second-order valence-corrected chi connectivity index (χ2v) is 3.96. The van der Waals surface area contributed by atoms with Gasteiger partial charge in [-0.15, -0.1) is 0 Å². The fourth-order valence-electron chi connectivity index (χ4n) is 1.14. The summed E-state index contributed by atoms with van der Waals surface area (Å²) in [6.45, 7) is 2.62. The minimum Gasteiger partial charge on any atom is -0.490 e. The number of rotatable bonds is 5. The van der Waals surface area contributed by atoms with E-state index in [-0.39, 0.29) is 0 Å². The zero-order valence-corrected chi connectivity index (χ0v) is 10.8. The maximum absolute atomic E-state index is 6.06. The average molecular weight is 261 g/mol. The molecule has 0 bridgehead atoms. The standard InChI is InChI=1S/C11H14Cl2N2O/c1-3-4-16-11-9(12)5-8(6-10(11)13)7-15-14-2/h5-7,14H,3-4H2,1-2H3/b15-7+. The summed E-state index contributed by atoms with van der Waals surface area (Å²) in [5.74, 6) is 0.534. The van der Waals surface area contributed by atoms with E-state index in [1.807, 2.05) is 6.92 Å². The van der Waals surface area contributed by atoms with E-state index in [9.17, 15) is 0 Å². The highest BCUT2D eigenvalue weighted by molar-refractivity contribution is 6.37. The Kier molecular flexibility index (Phi) is 5.43. The molecule has 0 radical (unpaired) electrons. The number of hydrogen-bond donors (Lipinski definition) is 1. The molecule has 0 aliphatic heterocycles.